The number of hydrogen-bond acceptors (Lipinski definition) is 4. The fourth-order valence-corrected chi connectivity index (χ4v) is 6.12. The second-order valence-electron chi connectivity index (χ2n) is 7.05. The van der Waals surface area contributed by atoms with Gasteiger partial charge in [0.15, 0.2) is 15.8 Å². The molecule has 0 aliphatic heterocycles. The van der Waals surface area contributed by atoms with Gasteiger partial charge in [-0.25, -0.2) is 8.42 Å². The van der Waals surface area contributed by atoms with Gasteiger partial charge in [-0.15, -0.1) is 24.0 Å². The molecule has 1 aromatic carbocycles. The number of halogens is 1. The lowest BCUT2D eigenvalue weighted by atomic mass is 9.95. The van der Waals surface area contributed by atoms with Crippen LogP contribution in [0.1, 0.15) is 46.0 Å². The largest absolute Gasteiger partial charge is 0.357 e. The lowest BCUT2D eigenvalue weighted by Gasteiger charge is -2.30. The maximum absolute atomic E-state index is 12.3. The number of rotatable bonds is 9. The average molecular weight is 556 g/mol. The molecule has 0 radical (unpaired) electrons. The number of sulfone groups is 1. The van der Waals surface area contributed by atoms with Crippen LogP contribution in [0.25, 0.3) is 0 Å². The van der Waals surface area contributed by atoms with E-state index in [1.54, 1.807) is 24.3 Å². The molecule has 3 unspecified atom stereocenters. The first-order valence-corrected chi connectivity index (χ1v) is 13.2. The molecule has 0 heterocycles. The van der Waals surface area contributed by atoms with Crippen LogP contribution < -0.4 is 10.6 Å². The van der Waals surface area contributed by atoms with Crippen molar-refractivity contribution in [1.82, 2.24) is 10.6 Å². The van der Waals surface area contributed by atoms with Gasteiger partial charge in [-0.2, -0.15) is 0 Å². The van der Waals surface area contributed by atoms with E-state index in [1.807, 2.05) is 19.9 Å². The van der Waals surface area contributed by atoms with Crippen LogP contribution in [0.5, 0.6) is 0 Å². The van der Waals surface area contributed by atoms with Gasteiger partial charge in [-0.05, 0) is 44.7 Å². The standard InChI is InChI=1S/C20H33N3O3S2.HI/c1-3-21-20(23-17-10-8-11-18(16-17)27(24)4-2)22-14-9-15-28(25,26)19-12-6-5-7-13-19;/h5-7,12-13,17-18H,3-4,8-11,14-16H2,1-2H3,(H2,21,22,23);1H. The topological polar surface area (TPSA) is 87.6 Å². The zero-order valence-corrected chi connectivity index (χ0v) is 21.3. The first-order valence-electron chi connectivity index (χ1n) is 10.2. The third-order valence-electron chi connectivity index (χ3n) is 4.91. The molecule has 1 aliphatic carbocycles. The van der Waals surface area contributed by atoms with Gasteiger partial charge in [0.2, 0.25) is 0 Å². The molecule has 166 valence electrons. The molecule has 9 heteroatoms. The van der Waals surface area contributed by atoms with E-state index in [-0.39, 0.29) is 41.0 Å². The first-order chi connectivity index (χ1) is 13.5. The summed E-state index contributed by atoms with van der Waals surface area (Å²) < 4.78 is 36.8. The maximum Gasteiger partial charge on any atom is 0.191 e. The fraction of sp³-hybridized carbons (Fsp3) is 0.650. The Kier molecular flexibility index (Phi) is 12.3. The second kappa shape index (κ2) is 13.6. The van der Waals surface area contributed by atoms with Crippen molar-refractivity contribution in [3.05, 3.63) is 30.3 Å². The quantitative estimate of drug-likeness (QED) is 0.212. The Morgan fingerprint density at radius 2 is 1.93 bits per heavy atom. The van der Waals surface area contributed by atoms with E-state index in [2.05, 4.69) is 15.6 Å². The van der Waals surface area contributed by atoms with Crippen molar-refractivity contribution in [2.45, 2.75) is 62.1 Å². The van der Waals surface area contributed by atoms with Crippen LogP contribution in [0.2, 0.25) is 0 Å². The Morgan fingerprint density at radius 3 is 2.59 bits per heavy atom. The predicted octanol–water partition coefficient (Wildman–Crippen LogP) is 3.10. The molecule has 2 N–H and O–H groups in total. The number of hydrogen-bond donors (Lipinski definition) is 2. The molecule has 1 saturated carbocycles. The van der Waals surface area contributed by atoms with Crippen molar-refractivity contribution in [3.63, 3.8) is 0 Å². The molecule has 1 fully saturated rings. The normalized spacial score (nSPS) is 21.1. The lowest BCUT2D eigenvalue weighted by molar-refractivity contribution is 0.413. The molecular formula is C20H34IN3O3S2. The van der Waals surface area contributed by atoms with Crippen LogP contribution in [-0.2, 0) is 20.6 Å². The summed E-state index contributed by atoms with van der Waals surface area (Å²) >= 11 is 0. The smallest absolute Gasteiger partial charge is 0.191 e. The van der Waals surface area contributed by atoms with E-state index in [9.17, 15) is 12.6 Å². The third kappa shape index (κ3) is 8.92. The van der Waals surface area contributed by atoms with Gasteiger partial charge < -0.3 is 10.6 Å². The Balaban J connectivity index is 0.00000420. The molecule has 0 aromatic heterocycles. The van der Waals surface area contributed by atoms with Crippen molar-refractivity contribution >= 4 is 50.6 Å². The summed E-state index contributed by atoms with van der Waals surface area (Å²) in [7, 11) is -4.02. The number of nitrogens with one attached hydrogen (secondary N) is 2. The highest BCUT2D eigenvalue weighted by Gasteiger charge is 2.26. The minimum Gasteiger partial charge on any atom is -0.357 e. The summed E-state index contributed by atoms with van der Waals surface area (Å²) in [5.41, 5.74) is 0. The van der Waals surface area contributed by atoms with Crippen molar-refractivity contribution < 1.29 is 12.6 Å². The fourth-order valence-electron chi connectivity index (χ4n) is 3.46. The maximum atomic E-state index is 12.3. The van der Waals surface area contributed by atoms with E-state index in [1.165, 1.54) is 0 Å². The highest BCUT2D eigenvalue weighted by Crippen LogP contribution is 2.23. The van der Waals surface area contributed by atoms with Crippen LogP contribution >= 0.6 is 24.0 Å². The van der Waals surface area contributed by atoms with E-state index in [4.69, 9.17) is 0 Å². The van der Waals surface area contributed by atoms with Gasteiger partial charge in [0.1, 0.15) is 0 Å². The summed E-state index contributed by atoms with van der Waals surface area (Å²) in [6.45, 7) is 5.17. The highest BCUT2D eigenvalue weighted by atomic mass is 127. The lowest BCUT2D eigenvalue weighted by Crippen LogP contribution is -2.46. The minimum absolute atomic E-state index is 0. The number of aliphatic imine (C=N–C) groups is 1. The van der Waals surface area contributed by atoms with Crippen LogP contribution in [0.15, 0.2) is 40.2 Å². The van der Waals surface area contributed by atoms with Gasteiger partial charge in [-0.3, -0.25) is 9.20 Å². The molecule has 0 spiro atoms. The van der Waals surface area contributed by atoms with Crippen LogP contribution in [0.4, 0.5) is 0 Å². The van der Waals surface area contributed by atoms with Gasteiger partial charge in [-0.1, -0.05) is 31.5 Å². The minimum atomic E-state index is -3.26. The Morgan fingerprint density at radius 1 is 1.21 bits per heavy atom. The summed E-state index contributed by atoms with van der Waals surface area (Å²) in [5.74, 6) is 1.51. The Hall–Kier alpha value is -0.680. The SMILES string of the molecule is CCNC(=NCCCS(=O)(=O)c1ccccc1)NC1CCCC(S(=O)CC)C1.I. The van der Waals surface area contributed by atoms with Gasteiger partial charge in [0, 0.05) is 40.9 Å². The van der Waals surface area contributed by atoms with Crippen LogP contribution in [0.3, 0.4) is 0 Å². The highest BCUT2D eigenvalue weighted by molar-refractivity contribution is 14.0. The monoisotopic (exact) mass is 555 g/mol. The first kappa shape index (κ1) is 26.4. The molecule has 6 nitrogen and oxygen atoms in total. The Labute approximate surface area is 195 Å². The zero-order valence-electron chi connectivity index (χ0n) is 17.3. The van der Waals surface area contributed by atoms with Crippen molar-refractivity contribution in [2.24, 2.45) is 4.99 Å². The van der Waals surface area contributed by atoms with Gasteiger partial charge in [0.05, 0.1) is 10.6 Å². The molecule has 0 amide bonds. The van der Waals surface area contributed by atoms with E-state index in [0.29, 0.717) is 29.6 Å². The van der Waals surface area contributed by atoms with E-state index >= 15 is 0 Å². The average Bonchev–Trinajstić information content (AvgIpc) is 2.71. The van der Waals surface area contributed by atoms with Crippen molar-refractivity contribution in [2.75, 3.05) is 24.6 Å². The van der Waals surface area contributed by atoms with Crippen molar-refractivity contribution in [3.8, 4) is 0 Å². The molecule has 0 bridgehead atoms. The molecular weight excluding hydrogens is 521 g/mol. The van der Waals surface area contributed by atoms with Gasteiger partial charge in [0.25, 0.3) is 0 Å². The van der Waals surface area contributed by atoms with Gasteiger partial charge >= 0.3 is 0 Å². The summed E-state index contributed by atoms with van der Waals surface area (Å²) in [5, 5.41) is 6.94. The number of guanidine groups is 1. The van der Waals surface area contributed by atoms with E-state index in [0.717, 1.165) is 32.2 Å². The molecule has 0 saturated heterocycles. The summed E-state index contributed by atoms with van der Waals surface area (Å²) in [6, 6.07) is 8.81. The predicted molar refractivity (Wildman–Crippen MR) is 132 cm³/mol. The number of nitrogens with zero attached hydrogens (tertiary/aromatic N) is 1. The Bertz CT molecular complexity index is 757. The second-order valence-corrected chi connectivity index (χ2v) is 11.2. The zero-order chi connectivity index (χ0) is 20.4. The summed E-state index contributed by atoms with van der Waals surface area (Å²) in [4.78, 5) is 4.91. The molecule has 29 heavy (non-hydrogen) atoms. The molecule has 2 rings (SSSR count). The third-order valence-corrected chi connectivity index (χ3v) is 8.47. The van der Waals surface area contributed by atoms with Crippen LogP contribution in [0, 0.1) is 0 Å². The molecule has 1 aromatic rings. The van der Waals surface area contributed by atoms with E-state index < -0.39 is 20.6 Å². The van der Waals surface area contributed by atoms with Crippen LogP contribution in [-0.4, -0.2) is 54.5 Å². The number of benzene rings is 1. The summed E-state index contributed by atoms with van der Waals surface area (Å²) in [6.07, 6.45) is 4.52. The molecule has 3 atom stereocenters. The molecule has 1 aliphatic rings. The van der Waals surface area contributed by atoms with Crippen molar-refractivity contribution in [1.29, 1.82) is 0 Å².